The summed E-state index contributed by atoms with van der Waals surface area (Å²) in [5, 5.41) is 9.33. The lowest BCUT2D eigenvalue weighted by Crippen LogP contribution is -2.49. The number of hydrogen-bond donors (Lipinski definition) is 1. The number of aryl methyl sites for hydroxylation is 1. The van der Waals surface area contributed by atoms with Gasteiger partial charge in [0.25, 0.3) is 0 Å². The highest BCUT2D eigenvalue weighted by Gasteiger charge is 2.33. The largest absolute Gasteiger partial charge is 0.480 e. The van der Waals surface area contributed by atoms with Gasteiger partial charge in [0.15, 0.2) is 0 Å². The number of piperidine rings is 1. The Labute approximate surface area is 107 Å². The van der Waals surface area contributed by atoms with Crippen LogP contribution in [0, 0.1) is 5.92 Å². The van der Waals surface area contributed by atoms with Crippen LogP contribution in [0.25, 0.3) is 0 Å². The highest BCUT2D eigenvalue weighted by Crippen LogP contribution is 2.23. The number of carboxylic acid groups (broad SMARTS) is 1. The lowest BCUT2D eigenvalue weighted by atomic mass is 9.90. The molecule has 1 saturated heterocycles. The standard InChI is InChI=1S/C13H21N3O2/c1-10-4-3-7-16(12(10)13(17)18)8-5-11-14-6-9-15(11)2/h6,9-10,12H,3-5,7-8H2,1-2H3,(H,17,18). The van der Waals surface area contributed by atoms with Crippen LogP contribution in [0.15, 0.2) is 12.4 Å². The van der Waals surface area contributed by atoms with Gasteiger partial charge in [0.2, 0.25) is 0 Å². The van der Waals surface area contributed by atoms with Crippen molar-refractivity contribution in [3.05, 3.63) is 18.2 Å². The van der Waals surface area contributed by atoms with E-state index in [1.165, 1.54) is 0 Å². The lowest BCUT2D eigenvalue weighted by molar-refractivity contribution is -0.146. The first-order valence-corrected chi connectivity index (χ1v) is 6.52. The number of hydrogen-bond acceptors (Lipinski definition) is 3. The van der Waals surface area contributed by atoms with Gasteiger partial charge in [-0.05, 0) is 25.3 Å². The van der Waals surface area contributed by atoms with Gasteiger partial charge in [-0.3, -0.25) is 9.69 Å². The Bertz CT molecular complexity index is 416. The van der Waals surface area contributed by atoms with Crippen LogP contribution in [0.3, 0.4) is 0 Å². The van der Waals surface area contributed by atoms with Crippen molar-refractivity contribution >= 4 is 5.97 Å². The van der Waals surface area contributed by atoms with E-state index in [1.54, 1.807) is 6.20 Å². The van der Waals surface area contributed by atoms with E-state index in [4.69, 9.17) is 0 Å². The van der Waals surface area contributed by atoms with Gasteiger partial charge in [0.1, 0.15) is 11.9 Å². The second kappa shape index (κ2) is 5.52. The van der Waals surface area contributed by atoms with E-state index in [-0.39, 0.29) is 12.0 Å². The van der Waals surface area contributed by atoms with Crippen molar-refractivity contribution in [2.45, 2.75) is 32.2 Å². The maximum atomic E-state index is 11.3. The topological polar surface area (TPSA) is 58.4 Å². The fourth-order valence-corrected chi connectivity index (χ4v) is 2.80. The third-order valence-corrected chi connectivity index (χ3v) is 3.83. The number of aliphatic carboxylic acids is 1. The van der Waals surface area contributed by atoms with Gasteiger partial charge < -0.3 is 9.67 Å². The van der Waals surface area contributed by atoms with Crippen molar-refractivity contribution < 1.29 is 9.90 Å². The van der Waals surface area contributed by atoms with Gasteiger partial charge in [-0.15, -0.1) is 0 Å². The molecule has 0 spiro atoms. The summed E-state index contributed by atoms with van der Waals surface area (Å²) in [6.45, 7) is 3.68. The molecule has 1 aliphatic heterocycles. The van der Waals surface area contributed by atoms with Crippen molar-refractivity contribution in [2.24, 2.45) is 13.0 Å². The quantitative estimate of drug-likeness (QED) is 0.872. The van der Waals surface area contributed by atoms with Crippen LogP contribution in [-0.4, -0.2) is 44.7 Å². The van der Waals surface area contributed by atoms with Gasteiger partial charge in [0, 0.05) is 32.4 Å². The number of rotatable bonds is 4. The molecule has 18 heavy (non-hydrogen) atoms. The third-order valence-electron chi connectivity index (χ3n) is 3.83. The van der Waals surface area contributed by atoms with Crippen molar-refractivity contribution in [3.63, 3.8) is 0 Å². The first kappa shape index (κ1) is 13.1. The number of likely N-dealkylation sites (tertiary alicyclic amines) is 1. The summed E-state index contributed by atoms with van der Waals surface area (Å²) in [5.41, 5.74) is 0. The molecule has 1 aromatic rings. The van der Waals surface area contributed by atoms with Gasteiger partial charge in [-0.25, -0.2) is 4.98 Å². The molecule has 2 heterocycles. The van der Waals surface area contributed by atoms with Gasteiger partial charge in [-0.1, -0.05) is 6.92 Å². The second-order valence-electron chi connectivity index (χ2n) is 5.14. The molecular formula is C13H21N3O2. The number of carbonyl (C=O) groups is 1. The maximum Gasteiger partial charge on any atom is 0.321 e. The highest BCUT2D eigenvalue weighted by atomic mass is 16.4. The van der Waals surface area contributed by atoms with Crippen LogP contribution in [0.4, 0.5) is 0 Å². The molecule has 0 radical (unpaired) electrons. The molecule has 1 aliphatic rings. The summed E-state index contributed by atoms with van der Waals surface area (Å²) >= 11 is 0. The van der Waals surface area contributed by atoms with E-state index < -0.39 is 5.97 Å². The van der Waals surface area contributed by atoms with E-state index in [0.717, 1.165) is 38.2 Å². The third kappa shape index (κ3) is 2.72. The molecule has 0 bridgehead atoms. The minimum absolute atomic E-state index is 0.234. The Morgan fingerprint density at radius 1 is 1.61 bits per heavy atom. The molecule has 2 unspecified atom stereocenters. The molecule has 2 atom stereocenters. The van der Waals surface area contributed by atoms with E-state index in [0.29, 0.717) is 0 Å². The van der Waals surface area contributed by atoms with E-state index in [1.807, 2.05) is 24.7 Å². The molecule has 1 fully saturated rings. The van der Waals surface area contributed by atoms with Crippen LogP contribution < -0.4 is 0 Å². The molecule has 1 aromatic heterocycles. The van der Waals surface area contributed by atoms with Crippen molar-refractivity contribution in [1.82, 2.24) is 14.5 Å². The van der Waals surface area contributed by atoms with E-state index in [9.17, 15) is 9.90 Å². The van der Waals surface area contributed by atoms with Gasteiger partial charge in [0.05, 0.1) is 0 Å². The molecule has 0 aromatic carbocycles. The summed E-state index contributed by atoms with van der Waals surface area (Å²) in [5.74, 6) is 0.553. The van der Waals surface area contributed by atoms with E-state index >= 15 is 0 Å². The Hall–Kier alpha value is -1.36. The van der Waals surface area contributed by atoms with E-state index in [2.05, 4.69) is 9.88 Å². The molecule has 0 amide bonds. The molecule has 100 valence electrons. The molecular weight excluding hydrogens is 230 g/mol. The van der Waals surface area contributed by atoms with Crippen LogP contribution in [0.5, 0.6) is 0 Å². The number of imidazole rings is 1. The summed E-state index contributed by atoms with van der Waals surface area (Å²) < 4.78 is 1.99. The van der Waals surface area contributed by atoms with Crippen molar-refractivity contribution in [2.75, 3.05) is 13.1 Å². The predicted molar refractivity (Wildman–Crippen MR) is 68.3 cm³/mol. The molecule has 5 heteroatoms. The normalized spacial score (nSPS) is 25.2. The first-order chi connectivity index (χ1) is 8.59. The molecule has 0 saturated carbocycles. The zero-order chi connectivity index (χ0) is 13.1. The predicted octanol–water partition coefficient (Wildman–Crippen LogP) is 1.15. The Morgan fingerprint density at radius 3 is 3.00 bits per heavy atom. The average Bonchev–Trinajstić information content (AvgIpc) is 2.71. The summed E-state index contributed by atoms with van der Waals surface area (Å²) in [6.07, 6.45) is 6.60. The minimum Gasteiger partial charge on any atom is -0.480 e. The van der Waals surface area contributed by atoms with Crippen LogP contribution in [-0.2, 0) is 18.3 Å². The second-order valence-corrected chi connectivity index (χ2v) is 5.14. The Morgan fingerprint density at radius 2 is 2.39 bits per heavy atom. The molecule has 5 nitrogen and oxygen atoms in total. The van der Waals surface area contributed by atoms with Crippen LogP contribution in [0.1, 0.15) is 25.6 Å². The molecule has 2 rings (SSSR count). The molecule has 0 aliphatic carbocycles. The Kier molecular flexibility index (Phi) is 4.01. The maximum absolute atomic E-state index is 11.3. The number of carboxylic acids is 1. The summed E-state index contributed by atoms with van der Waals surface area (Å²) in [7, 11) is 1.97. The molecule has 1 N–H and O–H groups in total. The monoisotopic (exact) mass is 251 g/mol. The zero-order valence-electron chi connectivity index (χ0n) is 11.0. The average molecular weight is 251 g/mol. The van der Waals surface area contributed by atoms with Gasteiger partial charge in [-0.2, -0.15) is 0 Å². The fourth-order valence-electron chi connectivity index (χ4n) is 2.80. The Balaban J connectivity index is 1.98. The lowest BCUT2D eigenvalue weighted by Gasteiger charge is -2.37. The zero-order valence-corrected chi connectivity index (χ0v) is 11.0. The van der Waals surface area contributed by atoms with Crippen molar-refractivity contribution in [1.29, 1.82) is 0 Å². The number of nitrogens with zero attached hydrogens (tertiary/aromatic N) is 3. The minimum atomic E-state index is -0.693. The highest BCUT2D eigenvalue weighted by molar-refractivity contribution is 5.74. The summed E-state index contributed by atoms with van der Waals surface area (Å²) in [6, 6.07) is -0.334. The van der Waals surface area contributed by atoms with Crippen LogP contribution >= 0.6 is 0 Å². The number of aromatic nitrogens is 2. The van der Waals surface area contributed by atoms with Gasteiger partial charge >= 0.3 is 5.97 Å². The fraction of sp³-hybridized carbons (Fsp3) is 0.692. The first-order valence-electron chi connectivity index (χ1n) is 6.52. The smallest absolute Gasteiger partial charge is 0.321 e. The SMILES string of the molecule is CC1CCCN(CCc2nccn2C)C1C(=O)O. The van der Waals surface area contributed by atoms with Crippen LogP contribution in [0.2, 0.25) is 0 Å². The van der Waals surface area contributed by atoms with Crippen molar-refractivity contribution in [3.8, 4) is 0 Å². The summed E-state index contributed by atoms with van der Waals surface area (Å²) in [4.78, 5) is 17.7.